The average Bonchev–Trinajstić information content (AvgIpc) is 3.59. The fourth-order valence-corrected chi connectivity index (χ4v) is 10.00. The van der Waals surface area contributed by atoms with Crippen LogP contribution in [0.2, 0.25) is 0 Å². The van der Waals surface area contributed by atoms with Crippen molar-refractivity contribution < 1.29 is 0 Å². The third kappa shape index (κ3) is 13.1. The number of anilines is 1. The highest BCUT2D eigenvalue weighted by atomic mass is 32.1. The molecule has 0 amide bonds. The van der Waals surface area contributed by atoms with E-state index in [1.54, 1.807) is 0 Å². The quantitative estimate of drug-likeness (QED) is 0.122. The van der Waals surface area contributed by atoms with Gasteiger partial charge in [-0.3, -0.25) is 0 Å². The summed E-state index contributed by atoms with van der Waals surface area (Å²) >= 11 is 1.90. The van der Waals surface area contributed by atoms with Gasteiger partial charge in [0.25, 0.3) is 0 Å². The van der Waals surface area contributed by atoms with Crippen LogP contribution in [-0.2, 0) is 10.8 Å². The molecule has 2 nitrogen and oxygen atoms in total. The Morgan fingerprint density at radius 1 is 0.892 bits per heavy atom. The molecule has 347 valence electrons. The first kappa shape index (κ1) is 53.1. The van der Waals surface area contributed by atoms with Gasteiger partial charge in [-0.2, -0.15) is 0 Å². The predicted octanol–water partition coefficient (Wildman–Crippen LogP) is 17.6. The van der Waals surface area contributed by atoms with Gasteiger partial charge in [-0.05, 0) is 130 Å². The Hall–Kier alpha value is -4.54. The van der Waals surface area contributed by atoms with Gasteiger partial charge in [0.15, 0.2) is 0 Å². The maximum atomic E-state index is 4.53. The highest BCUT2D eigenvalue weighted by Crippen LogP contribution is 2.49. The summed E-state index contributed by atoms with van der Waals surface area (Å²) in [6.07, 6.45) is 37.3. The molecule has 0 N–H and O–H groups in total. The number of benzene rings is 1. The summed E-state index contributed by atoms with van der Waals surface area (Å²) in [5, 5.41) is 1.30. The average molecular weight is 888 g/mol. The standard InChI is InChI=1S/C61H84BN2S/c1-20-26-35-59(14,15)46(24-5)30-27-39-64-47(29-22-3)34-40-63(53(25-6)49(33-36-57(8,9)10)45(23-4)28-21-2)48(32-31-44(7)58(11,12)13)43-62-56-55(64)50-41-51-52(42-54(50)65-56)61(18,19)38-37-60(51,16)17/h21-25,27-34,40-43H,2-4,7,20,26,35-39H2,1,5-6,8-19H3/b30-27-,32-31-,40-34+,45-28+,46-24+,47-29+,48-43-,49-33-,53-25+. The summed E-state index contributed by atoms with van der Waals surface area (Å²) in [5.74, 6) is 2.30. The lowest BCUT2D eigenvalue weighted by Gasteiger charge is -2.42. The van der Waals surface area contributed by atoms with Crippen LogP contribution in [0.3, 0.4) is 0 Å². The van der Waals surface area contributed by atoms with Crippen molar-refractivity contribution in [2.75, 3.05) is 11.4 Å². The molecule has 2 aromatic rings. The zero-order valence-electron chi connectivity index (χ0n) is 43.5. The lowest BCUT2D eigenvalue weighted by atomic mass is 9.63. The fourth-order valence-electron chi connectivity index (χ4n) is 8.86. The minimum Gasteiger partial charge on any atom is -0.337 e. The predicted molar refractivity (Wildman–Crippen MR) is 296 cm³/mol. The van der Waals surface area contributed by atoms with Crippen molar-refractivity contribution in [2.45, 2.75) is 153 Å². The van der Waals surface area contributed by atoms with Crippen LogP contribution < -0.4 is 9.68 Å². The van der Waals surface area contributed by atoms with Gasteiger partial charge in [-0.15, -0.1) is 11.3 Å². The van der Waals surface area contributed by atoms with Gasteiger partial charge in [-0.1, -0.05) is 196 Å². The molecule has 0 atom stereocenters. The van der Waals surface area contributed by atoms with Gasteiger partial charge in [0, 0.05) is 45.5 Å². The number of hydrogen-bond acceptors (Lipinski definition) is 3. The molecule has 4 heteroatoms. The SMILES string of the molecule is C=C/C=C(C=C)/C(=C/CC(C)(C)C)C(=C\C)/N1/C=C/C(=C\C=C)N(C/C=C\C(=C/C)C(C)(C)CCCC)c2c(sc3cc4c(cc23)C(C)(C)CCC4(C)C)[B]/C=C1/C=C\C(=C)C(C)(C)C. The molecule has 0 unspecified atom stereocenters. The molecular weight excluding hydrogens is 804 g/mol. The Kier molecular flexibility index (Phi) is 17.8. The van der Waals surface area contributed by atoms with Crippen molar-refractivity contribution in [1.82, 2.24) is 4.90 Å². The van der Waals surface area contributed by atoms with Crippen LogP contribution in [0.5, 0.6) is 0 Å². The smallest absolute Gasteiger partial charge is 0.200 e. The highest BCUT2D eigenvalue weighted by Gasteiger charge is 2.38. The second-order valence-corrected chi connectivity index (χ2v) is 23.3. The first-order valence-corrected chi connectivity index (χ1v) is 25.0. The minimum atomic E-state index is -0.0907. The van der Waals surface area contributed by atoms with Crippen LogP contribution in [0.25, 0.3) is 10.1 Å². The van der Waals surface area contributed by atoms with Crippen LogP contribution >= 0.6 is 11.3 Å². The molecule has 2 heterocycles. The zero-order valence-corrected chi connectivity index (χ0v) is 44.3. The van der Waals surface area contributed by atoms with E-state index in [0.29, 0.717) is 6.54 Å². The molecule has 1 aliphatic heterocycles. The van der Waals surface area contributed by atoms with Crippen molar-refractivity contribution in [3.05, 3.63) is 180 Å². The van der Waals surface area contributed by atoms with Crippen LogP contribution in [-0.4, -0.2) is 18.7 Å². The summed E-state index contributed by atoms with van der Waals surface area (Å²) < 4.78 is 2.53. The Balaban J connectivity index is 2.16. The van der Waals surface area contributed by atoms with Crippen molar-refractivity contribution in [3.8, 4) is 0 Å². The van der Waals surface area contributed by atoms with E-state index in [9.17, 15) is 0 Å². The maximum absolute atomic E-state index is 4.53. The molecule has 0 saturated carbocycles. The minimum absolute atomic E-state index is 0.0716. The number of fused-ring (bicyclic) bond motifs is 4. The van der Waals surface area contributed by atoms with E-state index in [-0.39, 0.29) is 27.1 Å². The topological polar surface area (TPSA) is 6.48 Å². The van der Waals surface area contributed by atoms with Gasteiger partial charge in [0.2, 0.25) is 7.28 Å². The van der Waals surface area contributed by atoms with Gasteiger partial charge in [0.05, 0.1) is 5.69 Å². The second-order valence-electron chi connectivity index (χ2n) is 22.2. The van der Waals surface area contributed by atoms with E-state index in [2.05, 4.69) is 232 Å². The summed E-state index contributed by atoms with van der Waals surface area (Å²) in [5.41, 5.74) is 12.1. The van der Waals surface area contributed by atoms with E-state index in [1.807, 2.05) is 29.6 Å². The number of thiophene rings is 1. The van der Waals surface area contributed by atoms with Crippen molar-refractivity contribution in [3.63, 3.8) is 0 Å². The molecule has 0 fully saturated rings. The summed E-state index contributed by atoms with van der Waals surface area (Å²) in [4.78, 5) is 4.85. The van der Waals surface area contributed by atoms with Gasteiger partial charge >= 0.3 is 0 Å². The first-order chi connectivity index (χ1) is 30.4. The van der Waals surface area contributed by atoms with E-state index in [4.69, 9.17) is 0 Å². The Morgan fingerprint density at radius 3 is 2.11 bits per heavy atom. The molecule has 2 aliphatic rings. The van der Waals surface area contributed by atoms with Crippen LogP contribution in [0.1, 0.15) is 154 Å². The Labute approximate surface area is 403 Å². The van der Waals surface area contributed by atoms with Crippen molar-refractivity contribution in [2.24, 2.45) is 16.2 Å². The fraction of sp³-hybridized carbons (Fsp3) is 0.443. The molecule has 1 aromatic heterocycles. The third-order valence-electron chi connectivity index (χ3n) is 13.4. The monoisotopic (exact) mass is 888 g/mol. The molecule has 0 saturated heterocycles. The molecule has 65 heavy (non-hydrogen) atoms. The van der Waals surface area contributed by atoms with Crippen molar-refractivity contribution in [1.29, 1.82) is 0 Å². The van der Waals surface area contributed by atoms with Crippen LogP contribution in [0, 0.1) is 16.2 Å². The van der Waals surface area contributed by atoms with E-state index >= 15 is 0 Å². The van der Waals surface area contributed by atoms with Gasteiger partial charge in [-0.25, -0.2) is 0 Å². The molecule has 1 aliphatic carbocycles. The van der Waals surface area contributed by atoms with Crippen molar-refractivity contribution >= 4 is 39.2 Å². The highest BCUT2D eigenvalue weighted by molar-refractivity contribution is 7.28. The molecule has 0 spiro atoms. The zero-order chi connectivity index (χ0) is 48.5. The largest absolute Gasteiger partial charge is 0.337 e. The van der Waals surface area contributed by atoms with E-state index < -0.39 is 0 Å². The number of unbranched alkanes of at least 4 members (excludes halogenated alkanes) is 1. The summed E-state index contributed by atoms with van der Waals surface area (Å²) in [6.45, 7) is 52.5. The number of hydrogen-bond donors (Lipinski definition) is 0. The van der Waals surface area contributed by atoms with E-state index in [0.717, 1.165) is 53.1 Å². The molecular formula is C61H84BN2S. The first-order valence-electron chi connectivity index (χ1n) is 24.2. The number of rotatable bonds is 16. The van der Waals surface area contributed by atoms with E-state index in [1.165, 1.54) is 56.5 Å². The van der Waals surface area contributed by atoms with Gasteiger partial charge in [0.1, 0.15) is 0 Å². The molecule has 1 aromatic carbocycles. The van der Waals surface area contributed by atoms with Gasteiger partial charge < -0.3 is 9.80 Å². The normalized spacial score (nSPS) is 19.8. The Morgan fingerprint density at radius 2 is 1.55 bits per heavy atom. The molecule has 1 radical (unpaired) electrons. The Bertz CT molecular complexity index is 2370. The molecule has 0 bridgehead atoms. The third-order valence-corrected chi connectivity index (χ3v) is 14.5. The van der Waals surface area contributed by atoms with Crippen LogP contribution in [0.4, 0.5) is 5.69 Å². The maximum Gasteiger partial charge on any atom is 0.200 e. The second kappa shape index (κ2) is 21.8. The lowest BCUT2D eigenvalue weighted by molar-refractivity contribution is 0.332. The lowest BCUT2D eigenvalue weighted by Crippen LogP contribution is -2.33. The number of nitrogens with zero attached hydrogens (tertiary/aromatic N) is 2. The summed E-state index contributed by atoms with van der Waals surface area (Å²) in [7, 11) is 2.36. The van der Waals surface area contributed by atoms with Crippen LogP contribution in [0.15, 0.2) is 169 Å². The molecule has 4 rings (SSSR count). The number of allylic oxidation sites excluding steroid dienone is 15. The summed E-state index contributed by atoms with van der Waals surface area (Å²) in [6, 6.07) is 5.08.